The van der Waals surface area contributed by atoms with E-state index in [0.29, 0.717) is 17.8 Å². The molecule has 1 heterocycles. The lowest BCUT2D eigenvalue weighted by atomic mass is 10.1. The van der Waals surface area contributed by atoms with Crippen molar-refractivity contribution >= 4 is 21.8 Å². The molecule has 0 saturated heterocycles. The smallest absolute Gasteiger partial charge is 0.268 e. The van der Waals surface area contributed by atoms with Crippen molar-refractivity contribution in [3.05, 3.63) is 29.8 Å². The molecular weight excluding hydrogens is 240 g/mol. The second-order valence-corrected chi connectivity index (χ2v) is 5.47. The Kier molecular flexibility index (Phi) is 3.06. The Balaban J connectivity index is 2.48. The van der Waals surface area contributed by atoms with Crippen molar-refractivity contribution in [2.45, 2.75) is 19.8 Å². The second kappa shape index (κ2) is 4.37. The largest absolute Gasteiger partial charge is 0.326 e. The minimum atomic E-state index is -3.72. The molecule has 0 aromatic heterocycles. The van der Waals surface area contributed by atoms with E-state index in [2.05, 4.69) is 0 Å². The van der Waals surface area contributed by atoms with Crippen molar-refractivity contribution < 1.29 is 13.2 Å². The van der Waals surface area contributed by atoms with E-state index in [1.807, 2.05) is 11.6 Å². The van der Waals surface area contributed by atoms with Gasteiger partial charge in [0.15, 0.2) is 0 Å². The standard InChI is InChI=1S/C11H14N2O3S/c1-2-3-8-13-10-7-5-4-6-9(10)11(14)12-17(13,15)16/h4-7H,2-3,8H2,1H3,(H,12,14). The van der Waals surface area contributed by atoms with E-state index in [1.54, 1.807) is 24.3 Å². The van der Waals surface area contributed by atoms with Crippen LogP contribution in [0, 0.1) is 0 Å². The van der Waals surface area contributed by atoms with Crippen molar-refractivity contribution in [3.8, 4) is 0 Å². The normalized spacial score (nSPS) is 17.5. The summed E-state index contributed by atoms with van der Waals surface area (Å²) in [5, 5.41) is 0. The van der Waals surface area contributed by atoms with E-state index in [4.69, 9.17) is 0 Å². The molecule has 0 unspecified atom stereocenters. The van der Waals surface area contributed by atoms with E-state index >= 15 is 0 Å². The molecule has 1 aliphatic heterocycles. The van der Waals surface area contributed by atoms with Crippen LogP contribution in [-0.4, -0.2) is 20.9 Å². The predicted molar refractivity (Wildman–Crippen MR) is 65.1 cm³/mol. The zero-order chi connectivity index (χ0) is 12.5. The molecule has 5 nitrogen and oxygen atoms in total. The van der Waals surface area contributed by atoms with Crippen LogP contribution in [0.15, 0.2) is 24.3 Å². The fraction of sp³-hybridized carbons (Fsp3) is 0.364. The Hall–Kier alpha value is -1.56. The third-order valence-corrected chi connectivity index (χ3v) is 4.05. The van der Waals surface area contributed by atoms with Crippen LogP contribution in [0.25, 0.3) is 0 Å². The number of anilines is 1. The lowest BCUT2D eigenvalue weighted by Gasteiger charge is -2.30. The summed E-state index contributed by atoms with van der Waals surface area (Å²) in [6.07, 6.45) is 1.64. The number of para-hydroxylation sites is 1. The van der Waals surface area contributed by atoms with E-state index in [-0.39, 0.29) is 0 Å². The van der Waals surface area contributed by atoms with Gasteiger partial charge in [-0.1, -0.05) is 25.5 Å². The highest BCUT2D eigenvalue weighted by Crippen LogP contribution is 2.27. The van der Waals surface area contributed by atoms with Gasteiger partial charge in [0.1, 0.15) is 0 Å². The molecule has 2 rings (SSSR count). The summed E-state index contributed by atoms with van der Waals surface area (Å²) in [6, 6.07) is 6.72. The Morgan fingerprint density at radius 1 is 1.29 bits per heavy atom. The number of carbonyl (C=O) groups excluding carboxylic acids is 1. The summed E-state index contributed by atoms with van der Waals surface area (Å²) in [5.41, 5.74) is 0.864. The Bertz CT molecular complexity index is 539. The van der Waals surface area contributed by atoms with E-state index < -0.39 is 16.1 Å². The van der Waals surface area contributed by atoms with Gasteiger partial charge in [-0.2, -0.15) is 8.42 Å². The van der Waals surface area contributed by atoms with Crippen LogP contribution in [0.4, 0.5) is 5.69 Å². The third kappa shape index (κ3) is 2.12. The van der Waals surface area contributed by atoms with Crippen molar-refractivity contribution in [3.63, 3.8) is 0 Å². The molecule has 1 aliphatic rings. The molecule has 0 radical (unpaired) electrons. The highest BCUT2D eigenvalue weighted by Gasteiger charge is 2.33. The fourth-order valence-corrected chi connectivity index (χ4v) is 3.02. The molecular formula is C11H14N2O3S. The summed E-state index contributed by atoms with van der Waals surface area (Å²) < 4.78 is 27.0. The van der Waals surface area contributed by atoms with Crippen LogP contribution in [0.3, 0.4) is 0 Å². The number of rotatable bonds is 3. The minimum absolute atomic E-state index is 0.385. The van der Waals surface area contributed by atoms with Gasteiger partial charge < -0.3 is 0 Å². The zero-order valence-corrected chi connectivity index (χ0v) is 10.3. The molecule has 0 fully saturated rings. The van der Waals surface area contributed by atoms with Crippen molar-refractivity contribution in [2.75, 3.05) is 10.8 Å². The first-order chi connectivity index (χ1) is 8.06. The average molecular weight is 254 g/mol. The van der Waals surface area contributed by atoms with Crippen LogP contribution in [0.1, 0.15) is 30.1 Å². The van der Waals surface area contributed by atoms with Crippen molar-refractivity contribution in [1.29, 1.82) is 0 Å². The Morgan fingerprint density at radius 2 is 2.00 bits per heavy atom. The summed E-state index contributed by atoms with van der Waals surface area (Å²) in [7, 11) is -3.72. The van der Waals surface area contributed by atoms with Crippen molar-refractivity contribution in [2.24, 2.45) is 0 Å². The maximum atomic E-state index is 11.9. The number of benzene rings is 1. The molecule has 1 aromatic rings. The van der Waals surface area contributed by atoms with Gasteiger partial charge in [-0.25, -0.2) is 4.72 Å². The van der Waals surface area contributed by atoms with Crippen LogP contribution >= 0.6 is 0 Å². The van der Waals surface area contributed by atoms with Gasteiger partial charge in [-0.15, -0.1) is 0 Å². The minimum Gasteiger partial charge on any atom is -0.268 e. The van der Waals surface area contributed by atoms with Crippen molar-refractivity contribution in [1.82, 2.24) is 4.72 Å². The first-order valence-electron chi connectivity index (χ1n) is 5.50. The van der Waals surface area contributed by atoms with Gasteiger partial charge in [-0.05, 0) is 18.6 Å². The molecule has 1 aromatic carbocycles. The highest BCUT2D eigenvalue weighted by atomic mass is 32.2. The van der Waals surface area contributed by atoms with Gasteiger partial charge in [0.05, 0.1) is 11.3 Å². The first kappa shape index (κ1) is 11.9. The first-order valence-corrected chi connectivity index (χ1v) is 6.94. The van der Waals surface area contributed by atoms with Gasteiger partial charge in [-0.3, -0.25) is 9.10 Å². The van der Waals surface area contributed by atoms with E-state index in [9.17, 15) is 13.2 Å². The molecule has 1 N–H and O–H groups in total. The highest BCUT2D eigenvalue weighted by molar-refractivity contribution is 7.91. The molecule has 6 heteroatoms. The van der Waals surface area contributed by atoms with Crippen LogP contribution < -0.4 is 9.03 Å². The molecule has 1 amide bonds. The van der Waals surface area contributed by atoms with Crippen LogP contribution in [0.2, 0.25) is 0 Å². The number of amides is 1. The number of hydrogen-bond donors (Lipinski definition) is 1. The SMILES string of the molecule is CCCCN1c2ccccc2C(=O)NS1(=O)=O. The quantitative estimate of drug-likeness (QED) is 0.883. The lowest BCUT2D eigenvalue weighted by Crippen LogP contribution is -2.48. The lowest BCUT2D eigenvalue weighted by molar-refractivity contribution is 0.0980. The predicted octanol–water partition coefficient (Wildman–Crippen LogP) is 1.28. The number of nitrogens with one attached hydrogen (secondary N) is 1. The maximum absolute atomic E-state index is 11.9. The monoisotopic (exact) mass is 254 g/mol. The van der Waals surface area contributed by atoms with Crippen LogP contribution in [-0.2, 0) is 10.2 Å². The molecule has 0 atom stereocenters. The molecule has 0 bridgehead atoms. The van der Waals surface area contributed by atoms with Gasteiger partial charge in [0, 0.05) is 6.54 Å². The topological polar surface area (TPSA) is 66.5 Å². The molecule has 17 heavy (non-hydrogen) atoms. The summed E-state index contributed by atoms with van der Waals surface area (Å²) in [5.74, 6) is -0.562. The maximum Gasteiger partial charge on any atom is 0.326 e. The van der Waals surface area contributed by atoms with Crippen LogP contribution in [0.5, 0.6) is 0 Å². The number of carbonyl (C=O) groups is 1. The zero-order valence-electron chi connectivity index (χ0n) is 9.51. The van der Waals surface area contributed by atoms with E-state index in [1.165, 1.54) is 4.31 Å². The Morgan fingerprint density at radius 3 is 2.71 bits per heavy atom. The summed E-state index contributed by atoms with van der Waals surface area (Å²) in [4.78, 5) is 11.6. The molecule has 0 spiro atoms. The van der Waals surface area contributed by atoms with E-state index in [0.717, 1.165) is 12.8 Å². The third-order valence-electron chi connectivity index (χ3n) is 2.64. The number of unbranched alkanes of at least 4 members (excludes halogenated alkanes) is 1. The summed E-state index contributed by atoms with van der Waals surface area (Å²) >= 11 is 0. The molecule has 0 saturated carbocycles. The summed E-state index contributed by atoms with van der Waals surface area (Å²) in [6.45, 7) is 2.37. The molecule has 92 valence electrons. The second-order valence-electron chi connectivity index (χ2n) is 3.88. The number of fused-ring (bicyclic) bond motifs is 1. The number of hydrogen-bond acceptors (Lipinski definition) is 3. The number of nitrogens with zero attached hydrogens (tertiary/aromatic N) is 1. The van der Waals surface area contributed by atoms with Gasteiger partial charge in [0.2, 0.25) is 0 Å². The van der Waals surface area contributed by atoms with Gasteiger partial charge >= 0.3 is 10.2 Å². The average Bonchev–Trinajstić information content (AvgIpc) is 2.28. The fourth-order valence-electron chi connectivity index (χ4n) is 1.78. The Labute approximate surface area is 101 Å². The molecule has 0 aliphatic carbocycles. The van der Waals surface area contributed by atoms with Gasteiger partial charge in [0.25, 0.3) is 5.91 Å².